The van der Waals surface area contributed by atoms with Crippen molar-refractivity contribution < 1.29 is 44.9 Å². The number of aromatic amines is 1. The second kappa shape index (κ2) is 5.96. The van der Waals surface area contributed by atoms with E-state index >= 15 is 0 Å². The van der Waals surface area contributed by atoms with Gasteiger partial charge in [-0.2, -0.15) is 0 Å². The molecule has 0 aromatic carbocycles. The maximum absolute atomic E-state index is 13.2. The summed E-state index contributed by atoms with van der Waals surface area (Å²) in [6.07, 6.45) is -1.63. The molecule has 7 N–H and O–H groups in total. The highest BCUT2D eigenvalue weighted by Crippen LogP contribution is 2.90. The van der Waals surface area contributed by atoms with Crippen molar-refractivity contribution in [3.05, 3.63) is 24.0 Å². The molecule has 4 aliphatic carbocycles. The molecule has 35 heavy (non-hydrogen) atoms. The van der Waals surface area contributed by atoms with Crippen molar-refractivity contribution >= 4 is 5.97 Å². The average Bonchev–Trinajstić information content (AvgIpc) is 3.41. The number of rotatable bonds is 3. The zero-order valence-electron chi connectivity index (χ0n) is 20.6. The molecule has 6 aliphatic rings. The maximum Gasteiger partial charge on any atom is 0.355 e. The summed E-state index contributed by atoms with van der Waals surface area (Å²) < 4.78 is 12.1. The van der Waals surface area contributed by atoms with Crippen LogP contribution in [-0.2, 0) is 9.47 Å². The Bertz CT molecular complexity index is 1130. The van der Waals surface area contributed by atoms with Crippen molar-refractivity contribution in [2.45, 2.75) is 99.9 Å². The van der Waals surface area contributed by atoms with Gasteiger partial charge < -0.3 is 45.1 Å². The van der Waals surface area contributed by atoms with Crippen molar-refractivity contribution in [1.29, 1.82) is 0 Å². The van der Waals surface area contributed by atoms with Gasteiger partial charge in [0.25, 0.3) is 0 Å². The van der Waals surface area contributed by atoms with E-state index in [-0.39, 0.29) is 18.5 Å². The molecular formula is C25H35NO9. The van der Waals surface area contributed by atoms with Crippen molar-refractivity contribution in [3.63, 3.8) is 0 Å². The first-order valence-corrected chi connectivity index (χ1v) is 12.4. The number of carbonyl (C=O) groups excluding carboxylic acids is 1. The van der Waals surface area contributed by atoms with Crippen LogP contribution in [0.2, 0.25) is 0 Å². The summed E-state index contributed by atoms with van der Waals surface area (Å²) in [5, 5.41) is 73.9. The molecule has 0 amide bonds. The lowest BCUT2D eigenvalue weighted by molar-refractivity contribution is -0.390. The second-order valence-corrected chi connectivity index (χ2v) is 12.4. The van der Waals surface area contributed by atoms with Gasteiger partial charge in [0.2, 0.25) is 0 Å². The Morgan fingerprint density at radius 1 is 1.20 bits per heavy atom. The molecule has 6 bridgehead atoms. The van der Waals surface area contributed by atoms with E-state index in [2.05, 4.69) is 4.98 Å². The zero-order chi connectivity index (χ0) is 25.8. The second-order valence-electron chi connectivity index (χ2n) is 12.4. The molecular weight excluding hydrogens is 458 g/mol. The summed E-state index contributed by atoms with van der Waals surface area (Å²) in [5.74, 6) is -4.34. The normalized spacial score (nSPS) is 59.8. The quantitative estimate of drug-likeness (QED) is 0.282. The number of aromatic nitrogens is 1. The van der Waals surface area contributed by atoms with Gasteiger partial charge >= 0.3 is 5.97 Å². The van der Waals surface area contributed by atoms with Crippen LogP contribution >= 0.6 is 0 Å². The lowest BCUT2D eigenvalue weighted by Gasteiger charge is -2.60. The third kappa shape index (κ3) is 1.74. The average molecular weight is 494 g/mol. The number of ether oxygens (including phenoxy) is 2. The zero-order valence-corrected chi connectivity index (χ0v) is 20.6. The molecule has 3 heterocycles. The Hall–Kier alpha value is -1.53. The molecule has 7 rings (SSSR count). The van der Waals surface area contributed by atoms with Crippen LogP contribution < -0.4 is 0 Å². The fourth-order valence-corrected chi connectivity index (χ4v) is 9.56. The molecule has 2 saturated heterocycles. The Morgan fingerprint density at radius 3 is 2.43 bits per heavy atom. The van der Waals surface area contributed by atoms with Crippen molar-refractivity contribution in [1.82, 2.24) is 4.98 Å². The fourth-order valence-electron chi connectivity index (χ4n) is 9.56. The van der Waals surface area contributed by atoms with Crippen molar-refractivity contribution in [3.8, 4) is 0 Å². The van der Waals surface area contributed by atoms with E-state index in [0.717, 1.165) is 0 Å². The van der Waals surface area contributed by atoms with E-state index in [9.17, 15) is 35.4 Å². The van der Waals surface area contributed by atoms with Crippen LogP contribution in [0.3, 0.4) is 0 Å². The molecule has 11 atom stereocenters. The minimum absolute atomic E-state index is 0.0654. The van der Waals surface area contributed by atoms with Gasteiger partial charge in [0, 0.05) is 18.0 Å². The Kier molecular flexibility index (Phi) is 4.06. The highest BCUT2D eigenvalue weighted by atomic mass is 16.7. The molecule has 2 unspecified atom stereocenters. The van der Waals surface area contributed by atoms with Crippen LogP contribution in [0.1, 0.15) is 64.4 Å². The van der Waals surface area contributed by atoms with Crippen molar-refractivity contribution in [2.24, 2.45) is 22.7 Å². The first-order valence-electron chi connectivity index (χ1n) is 12.4. The number of H-pyrrole nitrogens is 1. The number of hydrogen-bond donors (Lipinski definition) is 7. The standard InChI is InChI=1S/C25H35NO9/c1-12(2)22(31)17(34-16(28)14-7-6-10-26-14)23(32)18(4)11-21(30)19(22,5)25(23,33)24(35-21)15(27)13(3)8-9-20(18,24)29/h6-7,10,12-13,15,17,26-27,29-33H,8-9,11H2,1-5H3/t13-,15+,17+,18-,19?,20-,21?,22+,23+,24+,25+/m0/s1. The van der Waals surface area contributed by atoms with Crippen LogP contribution in [0.15, 0.2) is 18.3 Å². The summed E-state index contributed by atoms with van der Waals surface area (Å²) in [6.45, 7) is 7.91. The Morgan fingerprint density at radius 2 is 1.86 bits per heavy atom. The predicted octanol–water partition coefficient (Wildman–Crippen LogP) is -0.188. The fraction of sp³-hybridized carbons (Fsp3) is 0.800. The lowest BCUT2D eigenvalue weighted by Crippen LogP contribution is -2.75. The third-order valence-electron chi connectivity index (χ3n) is 11.3. The number of aliphatic hydroxyl groups is 6. The summed E-state index contributed by atoms with van der Waals surface area (Å²) in [4.78, 5) is 15.9. The van der Waals surface area contributed by atoms with Crippen molar-refractivity contribution in [2.75, 3.05) is 0 Å². The van der Waals surface area contributed by atoms with E-state index in [1.807, 2.05) is 0 Å². The summed E-state index contributed by atoms with van der Waals surface area (Å²) >= 11 is 0. The van der Waals surface area contributed by atoms with E-state index in [1.165, 1.54) is 26.1 Å². The van der Waals surface area contributed by atoms with Gasteiger partial charge in [-0.15, -0.1) is 0 Å². The number of aliphatic hydroxyl groups excluding tert-OH is 1. The van der Waals surface area contributed by atoms with Gasteiger partial charge in [-0.25, -0.2) is 4.79 Å². The molecule has 2 aliphatic heterocycles. The first-order chi connectivity index (χ1) is 16.0. The monoisotopic (exact) mass is 493 g/mol. The molecule has 4 saturated carbocycles. The van der Waals surface area contributed by atoms with Gasteiger partial charge in [0.1, 0.15) is 28.1 Å². The summed E-state index contributed by atoms with van der Waals surface area (Å²) in [5.41, 5.74) is -15.2. The summed E-state index contributed by atoms with van der Waals surface area (Å²) in [7, 11) is 0. The molecule has 6 fully saturated rings. The molecule has 1 aromatic heterocycles. The number of esters is 1. The van der Waals surface area contributed by atoms with Crippen LogP contribution in [0.5, 0.6) is 0 Å². The maximum atomic E-state index is 13.2. The van der Waals surface area contributed by atoms with Crippen LogP contribution in [0.25, 0.3) is 0 Å². The Labute approximate surface area is 202 Å². The minimum Gasteiger partial charge on any atom is -0.451 e. The minimum atomic E-state index is -2.59. The number of hydrogen-bond acceptors (Lipinski definition) is 9. The highest BCUT2D eigenvalue weighted by Gasteiger charge is 3.10. The van der Waals surface area contributed by atoms with Gasteiger partial charge in [0.15, 0.2) is 17.5 Å². The van der Waals surface area contributed by atoms with E-state index in [4.69, 9.17) is 9.47 Å². The lowest BCUT2D eigenvalue weighted by atomic mass is 9.52. The number of carbonyl (C=O) groups is 1. The largest absolute Gasteiger partial charge is 0.451 e. The molecule has 1 spiro atoms. The van der Waals surface area contributed by atoms with E-state index < -0.39 is 74.6 Å². The highest BCUT2D eigenvalue weighted by molar-refractivity contribution is 5.87. The molecule has 10 nitrogen and oxygen atoms in total. The SMILES string of the molecule is CC(C)[C@@]1(O)[C@@H](OC(=O)c2ccc[nH]2)[C@@]2(O)[C@@]3(C)CC4(O)O[C@@]5([C@H](O)[C@@H](C)CC[C@]35O)[C@@]2(O)C41C. The predicted molar refractivity (Wildman–Crippen MR) is 119 cm³/mol. The smallest absolute Gasteiger partial charge is 0.355 e. The van der Waals surface area contributed by atoms with Gasteiger partial charge in [-0.3, -0.25) is 0 Å². The van der Waals surface area contributed by atoms with E-state index in [0.29, 0.717) is 6.42 Å². The summed E-state index contributed by atoms with van der Waals surface area (Å²) in [6, 6.07) is 3.06. The molecule has 1 aromatic rings. The van der Waals surface area contributed by atoms with Crippen LogP contribution in [0, 0.1) is 22.7 Å². The first kappa shape index (κ1) is 23.8. The Balaban J connectivity index is 1.69. The van der Waals surface area contributed by atoms with Crippen LogP contribution in [0.4, 0.5) is 0 Å². The van der Waals surface area contributed by atoms with Gasteiger partial charge in [-0.1, -0.05) is 27.7 Å². The van der Waals surface area contributed by atoms with Crippen LogP contribution in [-0.4, -0.2) is 87.6 Å². The van der Waals surface area contributed by atoms with E-state index in [1.54, 1.807) is 26.8 Å². The molecule has 0 radical (unpaired) electrons. The topological polar surface area (TPSA) is 173 Å². The van der Waals surface area contributed by atoms with Gasteiger partial charge in [0.05, 0.1) is 11.5 Å². The number of nitrogens with one attached hydrogen (secondary N) is 1. The van der Waals surface area contributed by atoms with Gasteiger partial charge in [-0.05, 0) is 43.7 Å². The molecule has 194 valence electrons. The molecule has 10 heteroatoms. The third-order valence-corrected chi connectivity index (χ3v) is 11.3.